The third-order valence-corrected chi connectivity index (χ3v) is 6.41. The first kappa shape index (κ1) is 22.4. The summed E-state index contributed by atoms with van der Waals surface area (Å²) in [5.74, 6) is 3.48. The first-order valence-electron chi connectivity index (χ1n) is 12.0. The number of fused-ring (bicyclic) bond motifs is 2. The summed E-state index contributed by atoms with van der Waals surface area (Å²) < 4.78 is 13.5. The molecule has 2 aliphatic heterocycles. The van der Waals surface area contributed by atoms with E-state index in [9.17, 15) is 4.79 Å². The van der Waals surface area contributed by atoms with Gasteiger partial charge >= 0.3 is 0 Å². The van der Waals surface area contributed by atoms with Crippen LogP contribution in [0, 0.1) is 0 Å². The Kier molecular flexibility index (Phi) is 6.76. The maximum atomic E-state index is 12.5. The van der Waals surface area contributed by atoms with E-state index in [1.165, 1.54) is 11.1 Å². The van der Waals surface area contributed by atoms with Gasteiger partial charge in [0.2, 0.25) is 5.91 Å². The van der Waals surface area contributed by atoms with Gasteiger partial charge in [-0.25, -0.2) is 0 Å². The Morgan fingerprint density at radius 2 is 1.82 bits per heavy atom. The Hall–Kier alpha value is -3.39. The summed E-state index contributed by atoms with van der Waals surface area (Å²) in [7, 11) is 0. The lowest BCUT2D eigenvalue weighted by Crippen LogP contribution is -2.30. The van der Waals surface area contributed by atoms with Crippen LogP contribution in [0.2, 0.25) is 0 Å². The van der Waals surface area contributed by atoms with Crippen LogP contribution in [0.4, 0.5) is 0 Å². The number of aromatic nitrogens is 3. The van der Waals surface area contributed by atoms with Gasteiger partial charge in [0.1, 0.15) is 19.0 Å². The molecule has 34 heavy (non-hydrogen) atoms. The van der Waals surface area contributed by atoms with Crippen molar-refractivity contribution in [3.63, 3.8) is 0 Å². The fourth-order valence-electron chi connectivity index (χ4n) is 4.59. The second kappa shape index (κ2) is 10.3. The van der Waals surface area contributed by atoms with Gasteiger partial charge in [0.05, 0.1) is 6.04 Å². The predicted octanol–water partition coefficient (Wildman–Crippen LogP) is 2.92. The quantitative estimate of drug-likeness (QED) is 0.583. The Morgan fingerprint density at radius 3 is 2.68 bits per heavy atom. The van der Waals surface area contributed by atoms with Gasteiger partial charge in [-0.3, -0.25) is 9.69 Å². The lowest BCUT2D eigenvalue weighted by atomic mass is 10.1. The molecule has 8 nitrogen and oxygen atoms in total. The van der Waals surface area contributed by atoms with Crippen molar-refractivity contribution in [2.45, 2.75) is 45.3 Å². The standard InChI is InChI=1S/C26H31N5O3/c1-19(27-25(32)10-8-20-5-3-2-4-6-20)26-29-28-24-11-12-30(13-14-31(24)26)18-21-7-9-22-23(17-21)34-16-15-33-22/h2-7,9,17,19H,8,10-16,18H2,1H3,(H,27,32)/t19-/m1/s1. The first-order chi connectivity index (χ1) is 16.7. The highest BCUT2D eigenvalue weighted by Gasteiger charge is 2.23. The van der Waals surface area contributed by atoms with Gasteiger partial charge in [-0.1, -0.05) is 36.4 Å². The minimum Gasteiger partial charge on any atom is -0.486 e. The lowest BCUT2D eigenvalue weighted by Gasteiger charge is -2.22. The third kappa shape index (κ3) is 5.22. The number of aryl methyl sites for hydroxylation is 1. The molecule has 0 unspecified atom stereocenters. The molecule has 1 N–H and O–H groups in total. The van der Waals surface area contributed by atoms with E-state index >= 15 is 0 Å². The predicted molar refractivity (Wildman–Crippen MR) is 128 cm³/mol. The molecule has 1 atom stereocenters. The van der Waals surface area contributed by atoms with Crippen molar-refractivity contribution < 1.29 is 14.3 Å². The van der Waals surface area contributed by atoms with Gasteiger partial charge in [-0.2, -0.15) is 0 Å². The van der Waals surface area contributed by atoms with Gasteiger partial charge < -0.3 is 19.4 Å². The number of amides is 1. The molecule has 1 amide bonds. The molecule has 0 spiro atoms. The maximum Gasteiger partial charge on any atom is 0.220 e. The molecule has 0 radical (unpaired) electrons. The fraction of sp³-hybridized carbons (Fsp3) is 0.423. The van der Waals surface area contributed by atoms with Crippen molar-refractivity contribution >= 4 is 5.91 Å². The summed E-state index contributed by atoms with van der Waals surface area (Å²) in [6.07, 6.45) is 2.01. The molecule has 0 saturated heterocycles. The van der Waals surface area contributed by atoms with Crippen molar-refractivity contribution in [1.29, 1.82) is 0 Å². The van der Waals surface area contributed by atoms with E-state index in [1.807, 2.05) is 43.3 Å². The molecule has 3 heterocycles. The summed E-state index contributed by atoms with van der Waals surface area (Å²) in [4.78, 5) is 14.9. The smallest absolute Gasteiger partial charge is 0.220 e. The Morgan fingerprint density at radius 1 is 1.00 bits per heavy atom. The van der Waals surface area contributed by atoms with E-state index in [1.54, 1.807) is 0 Å². The number of nitrogens with zero attached hydrogens (tertiary/aromatic N) is 4. The number of rotatable bonds is 7. The van der Waals surface area contributed by atoms with Crippen LogP contribution in [-0.2, 0) is 30.7 Å². The zero-order valence-electron chi connectivity index (χ0n) is 19.6. The van der Waals surface area contributed by atoms with Crippen molar-refractivity contribution in [2.24, 2.45) is 0 Å². The van der Waals surface area contributed by atoms with Gasteiger partial charge in [-0.05, 0) is 36.6 Å². The SMILES string of the molecule is C[C@@H](NC(=O)CCc1ccccc1)c1nnc2n1CCN(Cc1ccc3c(c1)OCCO3)CC2. The molecule has 0 bridgehead atoms. The van der Waals surface area contributed by atoms with Gasteiger partial charge in [0.15, 0.2) is 17.3 Å². The minimum absolute atomic E-state index is 0.0301. The van der Waals surface area contributed by atoms with E-state index in [0.717, 1.165) is 62.2 Å². The van der Waals surface area contributed by atoms with Crippen LogP contribution in [0.25, 0.3) is 0 Å². The second-order valence-electron chi connectivity index (χ2n) is 8.91. The number of carbonyl (C=O) groups excluding carboxylic acids is 1. The first-order valence-corrected chi connectivity index (χ1v) is 12.0. The second-order valence-corrected chi connectivity index (χ2v) is 8.91. The Balaban J connectivity index is 1.17. The number of hydrogen-bond acceptors (Lipinski definition) is 6. The molecule has 8 heteroatoms. The number of ether oxygens (including phenoxy) is 2. The molecule has 5 rings (SSSR count). The van der Waals surface area contributed by atoms with E-state index < -0.39 is 0 Å². The molecule has 178 valence electrons. The minimum atomic E-state index is -0.186. The molecule has 0 aliphatic carbocycles. The topological polar surface area (TPSA) is 81.5 Å². The number of carbonyl (C=O) groups is 1. The monoisotopic (exact) mass is 461 g/mol. The van der Waals surface area contributed by atoms with Crippen LogP contribution < -0.4 is 14.8 Å². The third-order valence-electron chi connectivity index (χ3n) is 6.41. The Bertz CT molecular complexity index is 1130. The van der Waals surface area contributed by atoms with Crippen LogP contribution in [0.3, 0.4) is 0 Å². The highest BCUT2D eigenvalue weighted by Crippen LogP contribution is 2.31. The zero-order valence-corrected chi connectivity index (χ0v) is 19.6. The molecule has 1 aromatic heterocycles. The highest BCUT2D eigenvalue weighted by molar-refractivity contribution is 5.76. The van der Waals surface area contributed by atoms with Crippen molar-refractivity contribution in [3.05, 3.63) is 71.3 Å². The average molecular weight is 462 g/mol. The summed E-state index contributed by atoms with van der Waals surface area (Å²) in [6.45, 7) is 6.62. The van der Waals surface area contributed by atoms with Gasteiger partial charge in [-0.15, -0.1) is 10.2 Å². The summed E-state index contributed by atoms with van der Waals surface area (Å²) in [6, 6.07) is 16.1. The average Bonchev–Trinajstić information content (AvgIpc) is 3.18. The van der Waals surface area contributed by atoms with Crippen LogP contribution in [0.15, 0.2) is 48.5 Å². The van der Waals surface area contributed by atoms with Crippen molar-refractivity contribution in [1.82, 2.24) is 25.0 Å². The van der Waals surface area contributed by atoms with Crippen molar-refractivity contribution in [3.8, 4) is 11.5 Å². The summed E-state index contributed by atoms with van der Waals surface area (Å²) in [5, 5.41) is 12.0. The number of benzene rings is 2. The largest absolute Gasteiger partial charge is 0.486 e. The molecule has 0 fully saturated rings. The van der Waals surface area contributed by atoms with Crippen LogP contribution >= 0.6 is 0 Å². The van der Waals surface area contributed by atoms with E-state index in [0.29, 0.717) is 19.6 Å². The van der Waals surface area contributed by atoms with Gasteiger partial charge in [0, 0.05) is 39.0 Å². The van der Waals surface area contributed by atoms with Crippen LogP contribution in [0.1, 0.15) is 42.2 Å². The zero-order chi connectivity index (χ0) is 23.3. The molecule has 3 aromatic rings. The molecule has 2 aliphatic rings. The Labute approximate surface area is 199 Å². The van der Waals surface area contributed by atoms with E-state index in [2.05, 4.69) is 37.1 Å². The number of hydrogen-bond donors (Lipinski definition) is 1. The van der Waals surface area contributed by atoms with Crippen LogP contribution in [-0.4, -0.2) is 51.9 Å². The molecular formula is C26H31N5O3. The summed E-state index contributed by atoms with van der Waals surface area (Å²) in [5.41, 5.74) is 2.38. The molecule has 0 saturated carbocycles. The summed E-state index contributed by atoms with van der Waals surface area (Å²) >= 11 is 0. The van der Waals surface area contributed by atoms with E-state index in [4.69, 9.17) is 9.47 Å². The van der Waals surface area contributed by atoms with E-state index in [-0.39, 0.29) is 11.9 Å². The maximum absolute atomic E-state index is 12.5. The van der Waals surface area contributed by atoms with Crippen molar-refractivity contribution in [2.75, 3.05) is 26.3 Å². The fourth-order valence-corrected chi connectivity index (χ4v) is 4.59. The van der Waals surface area contributed by atoms with Crippen LogP contribution in [0.5, 0.6) is 11.5 Å². The molecule has 2 aromatic carbocycles. The normalized spacial score (nSPS) is 16.4. The number of nitrogens with one attached hydrogen (secondary N) is 1. The molecular weight excluding hydrogens is 430 g/mol. The lowest BCUT2D eigenvalue weighted by molar-refractivity contribution is -0.121. The van der Waals surface area contributed by atoms with Gasteiger partial charge in [0.25, 0.3) is 0 Å². The highest BCUT2D eigenvalue weighted by atomic mass is 16.6.